The molecular weight excluding hydrogens is 274 g/mol. The first-order chi connectivity index (χ1) is 10.8. The first-order valence-electron chi connectivity index (χ1n) is 6.99. The van der Waals surface area contributed by atoms with Crippen LogP contribution in [0.2, 0.25) is 0 Å². The van der Waals surface area contributed by atoms with E-state index >= 15 is 0 Å². The minimum Gasteiger partial charge on any atom is -0.341 e. The van der Waals surface area contributed by atoms with Crippen LogP contribution in [-0.2, 0) is 6.54 Å². The van der Waals surface area contributed by atoms with Gasteiger partial charge in [-0.3, -0.25) is 0 Å². The Morgan fingerprint density at radius 3 is 2.50 bits per heavy atom. The second-order valence-electron chi connectivity index (χ2n) is 4.84. The summed E-state index contributed by atoms with van der Waals surface area (Å²) in [5, 5.41) is 27.5. The number of aryl methyl sites for hydroxylation is 1. The Labute approximate surface area is 127 Å². The molecule has 22 heavy (non-hydrogen) atoms. The zero-order valence-electron chi connectivity index (χ0n) is 12.1. The molecular formula is C17H13N5. The molecule has 106 valence electrons. The van der Waals surface area contributed by atoms with E-state index in [1.807, 2.05) is 30.3 Å². The SMILES string of the molecule is CCn1c2ccccc2c2cc(N=NC(C#N)C#N)ccc21. The topological polar surface area (TPSA) is 77.2 Å². The number of fused-ring (bicyclic) bond motifs is 3. The lowest BCUT2D eigenvalue weighted by molar-refractivity contribution is 0.827. The third-order valence-corrected chi connectivity index (χ3v) is 3.61. The van der Waals surface area contributed by atoms with E-state index in [4.69, 9.17) is 10.5 Å². The van der Waals surface area contributed by atoms with Crippen LogP contribution in [0, 0.1) is 22.7 Å². The van der Waals surface area contributed by atoms with Crippen LogP contribution in [0.4, 0.5) is 5.69 Å². The summed E-state index contributed by atoms with van der Waals surface area (Å²) in [5.41, 5.74) is 2.96. The molecule has 0 spiro atoms. The first-order valence-corrected chi connectivity index (χ1v) is 6.99. The van der Waals surface area contributed by atoms with Crippen LogP contribution in [0.5, 0.6) is 0 Å². The summed E-state index contributed by atoms with van der Waals surface area (Å²) in [7, 11) is 0. The third kappa shape index (κ3) is 2.19. The summed E-state index contributed by atoms with van der Waals surface area (Å²) in [6.45, 7) is 3.00. The number of hydrogen-bond donors (Lipinski definition) is 0. The zero-order valence-corrected chi connectivity index (χ0v) is 12.1. The molecule has 0 aliphatic heterocycles. The standard InChI is InChI=1S/C17H13N5/c1-2-22-16-6-4-3-5-14(16)15-9-12(7-8-17(15)22)20-21-13(10-18)11-19/h3-9,13H,2H2,1H3. The maximum Gasteiger partial charge on any atom is 0.242 e. The van der Waals surface area contributed by atoms with Gasteiger partial charge in [0.05, 0.1) is 5.69 Å². The molecule has 0 fully saturated rings. The predicted molar refractivity (Wildman–Crippen MR) is 84.6 cm³/mol. The van der Waals surface area contributed by atoms with Crippen molar-refractivity contribution < 1.29 is 0 Å². The van der Waals surface area contributed by atoms with Crippen molar-refractivity contribution in [3.05, 3.63) is 42.5 Å². The van der Waals surface area contributed by atoms with Gasteiger partial charge in [-0.1, -0.05) is 18.2 Å². The Morgan fingerprint density at radius 1 is 1.05 bits per heavy atom. The van der Waals surface area contributed by atoms with Crippen LogP contribution >= 0.6 is 0 Å². The van der Waals surface area contributed by atoms with Crippen LogP contribution in [0.15, 0.2) is 52.7 Å². The van der Waals surface area contributed by atoms with E-state index in [-0.39, 0.29) is 0 Å². The highest BCUT2D eigenvalue weighted by molar-refractivity contribution is 6.08. The van der Waals surface area contributed by atoms with E-state index < -0.39 is 6.04 Å². The first kappa shape index (κ1) is 13.8. The summed E-state index contributed by atoms with van der Waals surface area (Å²) >= 11 is 0. The van der Waals surface area contributed by atoms with Gasteiger partial charge in [-0.15, -0.1) is 0 Å². The second-order valence-corrected chi connectivity index (χ2v) is 4.84. The van der Waals surface area contributed by atoms with Crippen molar-refractivity contribution in [2.24, 2.45) is 10.2 Å². The molecule has 3 aromatic rings. The van der Waals surface area contributed by atoms with Gasteiger partial charge in [0.15, 0.2) is 0 Å². The number of para-hydroxylation sites is 1. The molecule has 0 aliphatic carbocycles. The smallest absolute Gasteiger partial charge is 0.242 e. The van der Waals surface area contributed by atoms with Gasteiger partial charge in [-0.2, -0.15) is 20.8 Å². The number of rotatable bonds is 3. The molecule has 5 nitrogen and oxygen atoms in total. The van der Waals surface area contributed by atoms with E-state index in [1.54, 1.807) is 12.1 Å². The molecule has 1 heterocycles. The van der Waals surface area contributed by atoms with Gasteiger partial charge in [-0.05, 0) is 31.2 Å². The van der Waals surface area contributed by atoms with E-state index in [1.165, 1.54) is 5.52 Å². The number of nitrogens with zero attached hydrogens (tertiary/aromatic N) is 5. The number of nitriles is 2. The molecule has 0 bridgehead atoms. The quantitative estimate of drug-likeness (QED) is 0.673. The fourth-order valence-corrected chi connectivity index (χ4v) is 2.65. The third-order valence-electron chi connectivity index (χ3n) is 3.61. The minimum absolute atomic E-state index is 0.641. The summed E-state index contributed by atoms with van der Waals surface area (Å²) in [4.78, 5) is 0. The molecule has 0 N–H and O–H groups in total. The highest BCUT2D eigenvalue weighted by Gasteiger charge is 2.09. The molecule has 1 aromatic heterocycles. The van der Waals surface area contributed by atoms with Crippen molar-refractivity contribution >= 4 is 27.5 Å². The monoisotopic (exact) mass is 287 g/mol. The molecule has 0 aliphatic rings. The summed E-state index contributed by atoms with van der Waals surface area (Å²) in [6.07, 6.45) is 0. The van der Waals surface area contributed by atoms with Crippen LogP contribution in [0.3, 0.4) is 0 Å². The zero-order chi connectivity index (χ0) is 15.5. The number of aromatic nitrogens is 1. The van der Waals surface area contributed by atoms with Crippen LogP contribution < -0.4 is 0 Å². The molecule has 0 atom stereocenters. The highest BCUT2D eigenvalue weighted by atomic mass is 15.1. The Kier molecular flexibility index (Phi) is 3.55. The fraction of sp³-hybridized carbons (Fsp3) is 0.176. The normalized spacial score (nSPS) is 11.3. The summed E-state index contributed by atoms with van der Waals surface area (Å²) in [5.74, 6) is 0. The maximum atomic E-state index is 8.72. The average molecular weight is 287 g/mol. The maximum absolute atomic E-state index is 8.72. The lowest BCUT2D eigenvalue weighted by Crippen LogP contribution is -1.93. The Morgan fingerprint density at radius 2 is 1.77 bits per heavy atom. The molecule has 5 heteroatoms. The Hall–Kier alpha value is -3.18. The lowest BCUT2D eigenvalue weighted by atomic mass is 10.1. The van der Waals surface area contributed by atoms with Gasteiger partial charge in [0.1, 0.15) is 12.1 Å². The second kappa shape index (κ2) is 5.67. The van der Waals surface area contributed by atoms with Crippen LogP contribution in [0.25, 0.3) is 21.8 Å². The molecule has 2 aromatic carbocycles. The van der Waals surface area contributed by atoms with Crippen molar-refractivity contribution in [2.45, 2.75) is 19.5 Å². The van der Waals surface area contributed by atoms with Crippen LogP contribution in [0.1, 0.15) is 6.92 Å². The summed E-state index contributed by atoms with van der Waals surface area (Å²) in [6, 6.07) is 16.5. The lowest BCUT2D eigenvalue weighted by Gasteiger charge is -2.02. The fourth-order valence-electron chi connectivity index (χ4n) is 2.65. The van der Waals surface area contributed by atoms with E-state index in [0.717, 1.165) is 22.8 Å². The minimum atomic E-state index is -1.06. The predicted octanol–water partition coefficient (Wildman–Crippen LogP) is 4.31. The molecule has 0 unspecified atom stereocenters. The largest absolute Gasteiger partial charge is 0.341 e. The van der Waals surface area contributed by atoms with Crippen molar-refractivity contribution in [3.63, 3.8) is 0 Å². The van der Waals surface area contributed by atoms with Crippen LogP contribution in [-0.4, -0.2) is 10.6 Å². The number of azo groups is 1. The van der Waals surface area contributed by atoms with E-state index in [9.17, 15) is 0 Å². The molecule has 0 amide bonds. The average Bonchev–Trinajstić information content (AvgIpc) is 2.89. The molecule has 0 radical (unpaired) electrons. The van der Waals surface area contributed by atoms with E-state index in [2.05, 4.69) is 33.9 Å². The van der Waals surface area contributed by atoms with Crippen molar-refractivity contribution in [2.75, 3.05) is 0 Å². The Balaban J connectivity index is 2.17. The Bertz CT molecular complexity index is 939. The van der Waals surface area contributed by atoms with Gasteiger partial charge in [0.2, 0.25) is 6.04 Å². The molecule has 3 rings (SSSR count). The molecule has 0 saturated carbocycles. The van der Waals surface area contributed by atoms with Crippen molar-refractivity contribution in [1.82, 2.24) is 4.57 Å². The number of benzene rings is 2. The van der Waals surface area contributed by atoms with Gasteiger partial charge >= 0.3 is 0 Å². The van der Waals surface area contributed by atoms with Gasteiger partial charge in [0, 0.05) is 28.4 Å². The van der Waals surface area contributed by atoms with Crippen molar-refractivity contribution in [3.8, 4) is 12.1 Å². The van der Waals surface area contributed by atoms with Gasteiger partial charge in [0.25, 0.3) is 0 Å². The van der Waals surface area contributed by atoms with E-state index in [0.29, 0.717) is 5.69 Å². The molecule has 0 saturated heterocycles. The number of hydrogen-bond acceptors (Lipinski definition) is 4. The van der Waals surface area contributed by atoms with Gasteiger partial charge < -0.3 is 4.57 Å². The highest BCUT2D eigenvalue weighted by Crippen LogP contribution is 2.31. The van der Waals surface area contributed by atoms with Crippen molar-refractivity contribution in [1.29, 1.82) is 10.5 Å². The van der Waals surface area contributed by atoms with Gasteiger partial charge in [-0.25, -0.2) is 0 Å². The summed E-state index contributed by atoms with van der Waals surface area (Å²) < 4.78 is 2.25.